The molecule has 0 atom stereocenters. The summed E-state index contributed by atoms with van der Waals surface area (Å²) in [6.07, 6.45) is 5.27. The molecule has 146 valence electrons. The average Bonchev–Trinajstić information content (AvgIpc) is 3.15. The van der Waals surface area contributed by atoms with Gasteiger partial charge in [0.05, 0.1) is 6.61 Å². The fourth-order valence-electron chi connectivity index (χ4n) is 2.47. The lowest BCUT2D eigenvalue weighted by Crippen LogP contribution is -2.12. The van der Waals surface area contributed by atoms with Crippen LogP contribution in [0.25, 0.3) is 0 Å². The second-order valence-electron chi connectivity index (χ2n) is 5.94. The summed E-state index contributed by atoms with van der Waals surface area (Å²) >= 11 is 1.39. The van der Waals surface area contributed by atoms with E-state index in [-0.39, 0.29) is 5.91 Å². The number of hydrogen-bond donors (Lipinski definition) is 1. The van der Waals surface area contributed by atoms with E-state index in [0.29, 0.717) is 35.4 Å². The summed E-state index contributed by atoms with van der Waals surface area (Å²) in [4.78, 5) is 16.5. The largest absolute Gasteiger partial charge is 0.490 e. The van der Waals surface area contributed by atoms with Gasteiger partial charge in [0, 0.05) is 24.4 Å². The Morgan fingerprint density at radius 3 is 2.64 bits per heavy atom. The molecule has 2 heterocycles. The number of aromatic nitrogens is 3. The van der Waals surface area contributed by atoms with Crippen molar-refractivity contribution >= 4 is 22.4 Å². The summed E-state index contributed by atoms with van der Waals surface area (Å²) in [7, 11) is 0. The number of ether oxygens (including phenoxy) is 2. The van der Waals surface area contributed by atoms with Crippen LogP contribution in [0.2, 0.25) is 0 Å². The molecule has 8 heteroatoms. The third-order valence-electron chi connectivity index (χ3n) is 3.80. The van der Waals surface area contributed by atoms with Crippen molar-refractivity contribution in [2.45, 2.75) is 33.3 Å². The normalized spacial score (nSPS) is 10.5. The van der Waals surface area contributed by atoms with Gasteiger partial charge in [-0.3, -0.25) is 15.1 Å². The lowest BCUT2D eigenvalue weighted by Gasteiger charge is -2.13. The Hall–Kier alpha value is -3.00. The van der Waals surface area contributed by atoms with Crippen LogP contribution in [-0.2, 0) is 13.0 Å². The van der Waals surface area contributed by atoms with Crippen LogP contribution in [0.4, 0.5) is 5.13 Å². The van der Waals surface area contributed by atoms with E-state index in [1.165, 1.54) is 11.3 Å². The number of nitrogens with zero attached hydrogens (tertiary/aromatic N) is 3. The molecule has 3 aromatic rings. The smallest absolute Gasteiger partial charge is 0.257 e. The minimum absolute atomic E-state index is 0.263. The summed E-state index contributed by atoms with van der Waals surface area (Å²) in [5, 5.41) is 12.3. The zero-order valence-corrected chi connectivity index (χ0v) is 16.7. The van der Waals surface area contributed by atoms with Crippen molar-refractivity contribution in [3.8, 4) is 11.5 Å². The maximum atomic E-state index is 12.6. The van der Waals surface area contributed by atoms with E-state index in [0.717, 1.165) is 23.4 Å². The maximum absolute atomic E-state index is 12.6. The summed E-state index contributed by atoms with van der Waals surface area (Å²) in [5.74, 6) is 0.838. The second kappa shape index (κ2) is 9.80. The summed E-state index contributed by atoms with van der Waals surface area (Å²) in [6.45, 7) is 4.82. The molecule has 1 amide bonds. The molecule has 7 nitrogen and oxygen atoms in total. The highest BCUT2D eigenvalue weighted by molar-refractivity contribution is 7.15. The van der Waals surface area contributed by atoms with Gasteiger partial charge in [-0.05, 0) is 49.2 Å². The van der Waals surface area contributed by atoms with Crippen molar-refractivity contribution < 1.29 is 14.3 Å². The van der Waals surface area contributed by atoms with Crippen LogP contribution in [0, 0.1) is 0 Å². The topological polar surface area (TPSA) is 86.2 Å². The third kappa shape index (κ3) is 5.26. The molecule has 0 saturated heterocycles. The molecule has 0 bridgehead atoms. The van der Waals surface area contributed by atoms with Gasteiger partial charge in [0.15, 0.2) is 11.5 Å². The molecule has 0 aliphatic rings. The molecule has 1 N–H and O–H groups in total. The van der Waals surface area contributed by atoms with E-state index < -0.39 is 0 Å². The molecule has 0 radical (unpaired) electrons. The summed E-state index contributed by atoms with van der Waals surface area (Å²) in [5.41, 5.74) is 1.46. The van der Waals surface area contributed by atoms with Crippen LogP contribution in [0.1, 0.15) is 41.2 Å². The molecular weight excluding hydrogens is 376 g/mol. The van der Waals surface area contributed by atoms with Gasteiger partial charge in [-0.1, -0.05) is 18.3 Å². The first kappa shape index (κ1) is 19.8. The van der Waals surface area contributed by atoms with Crippen molar-refractivity contribution in [2.75, 3.05) is 11.9 Å². The van der Waals surface area contributed by atoms with Gasteiger partial charge < -0.3 is 9.47 Å². The van der Waals surface area contributed by atoms with E-state index in [9.17, 15) is 4.79 Å². The molecule has 0 aliphatic heterocycles. The molecule has 0 aliphatic carbocycles. The molecule has 1 aromatic carbocycles. The number of anilines is 1. The highest BCUT2D eigenvalue weighted by Gasteiger charge is 2.14. The summed E-state index contributed by atoms with van der Waals surface area (Å²) < 4.78 is 11.5. The van der Waals surface area contributed by atoms with E-state index in [1.54, 1.807) is 30.6 Å². The van der Waals surface area contributed by atoms with Gasteiger partial charge in [-0.15, -0.1) is 10.2 Å². The van der Waals surface area contributed by atoms with Crippen LogP contribution in [-0.4, -0.2) is 27.7 Å². The molecule has 0 saturated carbocycles. The minimum Gasteiger partial charge on any atom is -0.490 e. The van der Waals surface area contributed by atoms with Crippen molar-refractivity contribution in [3.63, 3.8) is 0 Å². The molecule has 0 unspecified atom stereocenters. The van der Waals surface area contributed by atoms with E-state index in [4.69, 9.17) is 9.47 Å². The van der Waals surface area contributed by atoms with Gasteiger partial charge in [0.25, 0.3) is 5.91 Å². The first-order valence-corrected chi connectivity index (χ1v) is 9.93. The molecule has 28 heavy (non-hydrogen) atoms. The highest BCUT2D eigenvalue weighted by atomic mass is 32.1. The van der Waals surface area contributed by atoms with E-state index in [2.05, 4.69) is 27.4 Å². The van der Waals surface area contributed by atoms with Crippen LogP contribution >= 0.6 is 11.3 Å². The Morgan fingerprint density at radius 2 is 1.89 bits per heavy atom. The predicted molar refractivity (Wildman–Crippen MR) is 108 cm³/mol. The maximum Gasteiger partial charge on any atom is 0.257 e. The molecule has 0 fully saturated rings. The number of rotatable bonds is 9. The zero-order valence-electron chi connectivity index (χ0n) is 15.8. The lowest BCUT2D eigenvalue weighted by atomic mass is 10.2. The average molecular weight is 398 g/mol. The number of hydrogen-bond acceptors (Lipinski definition) is 7. The first-order chi connectivity index (χ1) is 13.7. The Labute approximate surface area is 167 Å². The Kier molecular flexibility index (Phi) is 6.91. The molecule has 2 aromatic heterocycles. The monoisotopic (exact) mass is 398 g/mol. The second-order valence-corrected chi connectivity index (χ2v) is 7.01. The van der Waals surface area contributed by atoms with Gasteiger partial charge in [-0.2, -0.15) is 0 Å². The van der Waals surface area contributed by atoms with E-state index in [1.807, 2.05) is 19.1 Å². The van der Waals surface area contributed by atoms with Gasteiger partial charge in [0.2, 0.25) is 5.13 Å². The number of amides is 1. The Bertz CT molecular complexity index is 915. The highest BCUT2D eigenvalue weighted by Crippen LogP contribution is 2.30. The van der Waals surface area contributed by atoms with Crippen molar-refractivity contribution in [1.82, 2.24) is 15.2 Å². The number of pyridine rings is 1. The molecular formula is C20H22N4O3S. The SMILES string of the molecule is CCCc1nnc(NC(=O)c2ccc(OCc3ccncc3)c(OCC)c2)s1. The van der Waals surface area contributed by atoms with E-state index >= 15 is 0 Å². The standard InChI is InChI=1S/C20H22N4O3S/c1-3-5-18-23-24-20(28-18)22-19(25)15-6-7-16(17(12-15)26-4-2)27-13-14-8-10-21-11-9-14/h6-12H,3-5,13H2,1-2H3,(H,22,24,25). The number of aryl methyl sites for hydroxylation is 1. The quantitative estimate of drug-likeness (QED) is 0.584. The number of benzene rings is 1. The van der Waals surface area contributed by atoms with Crippen LogP contribution in [0.5, 0.6) is 11.5 Å². The third-order valence-corrected chi connectivity index (χ3v) is 4.70. The van der Waals surface area contributed by atoms with Crippen LogP contribution < -0.4 is 14.8 Å². The van der Waals surface area contributed by atoms with Crippen molar-refractivity contribution in [3.05, 3.63) is 58.9 Å². The van der Waals surface area contributed by atoms with Crippen molar-refractivity contribution in [1.29, 1.82) is 0 Å². The molecule has 3 rings (SSSR count). The Balaban J connectivity index is 1.70. The fraction of sp³-hybridized carbons (Fsp3) is 0.300. The number of carbonyl (C=O) groups is 1. The fourth-order valence-corrected chi connectivity index (χ4v) is 3.30. The zero-order chi connectivity index (χ0) is 19.8. The van der Waals surface area contributed by atoms with Gasteiger partial charge >= 0.3 is 0 Å². The van der Waals surface area contributed by atoms with Crippen molar-refractivity contribution in [2.24, 2.45) is 0 Å². The van der Waals surface area contributed by atoms with Gasteiger partial charge in [-0.25, -0.2) is 0 Å². The summed E-state index contributed by atoms with van der Waals surface area (Å²) in [6, 6.07) is 8.89. The van der Waals surface area contributed by atoms with Crippen LogP contribution in [0.3, 0.4) is 0 Å². The Morgan fingerprint density at radius 1 is 1.07 bits per heavy atom. The van der Waals surface area contributed by atoms with Crippen LogP contribution in [0.15, 0.2) is 42.7 Å². The first-order valence-electron chi connectivity index (χ1n) is 9.11. The number of carbonyl (C=O) groups excluding carboxylic acids is 1. The van der Waals surface area contributed by atoms with Gasteiger partial charge in [0.1, 0.15) is 11.6 Å². The molecule has 0 spiro atoms. The minimum atomic E-state index is -0.263. The predicted octanol–water partition coefficient (Wildman–Crippen LogP) is 4.12. The lowest BCUT2D eigenvalue weighted by molar-refractivity contribution is 0.102. The number of nitrogens with one attached hydrogen (secondary N) is 1.